The maximum absolute atomic E-state index is 11.3. The zero-order valence-corrected chi connectivity index (χ0v) is 19.9. The summed E-state index contributed by atoms with van der Waals surface area (Å²) in [6.07, 6.45) is 5.44. The van der Waals surface area contributed by atoms with Gasteiger partial charge in [0.15, 0.2) is 6.79 Å². The van der Waals surface area contributed by atoms with Crippen LogP contribution in [0.25, 0.3) is 11.3 Å². The summed E-state index contributed by atoms with van der Waals surface area (Å²) in [5.41, 5.74) is 9.05. The number of rotatable bonds is 7. The SMILES string of the molecule is COCOc1ccc(Cc2c(C)cc(OC(C)=O)cc2C)nc1-c1ccc2c(c1)CCCC2. The number of esters is 1. The Balaban J connectivity index is 1.69. The highest BCUT2D eigenvalue weighted by atomic mass is 16.7. The second-order valence-corrected chi connectivity index (χ2v) is 8.70. The van der Waals surface area contributed by atoms with Gasteiger partial charge in [0.1, 0.15) is 17.2 Å². The summed E-state index contributed by atoms with van der Waals surface area (Å²) >= 11 is 0. The third kappa shape index (κ3) is 5.42. The number of methoxy groups -OCH3 is 1. The van der Waals surface area contributed by atoms with E-state index in [4.69, 9.17) is 19.2 Å². The number of pyridine rings is 1. The lowest BCUT2D eigenvalue weighted by Crippen LogP contribution is -2.06. The average Bonchev–Trinajstić information content (AvgIpc) is 2.79. The Bertz CT molecular complexity index is 1150. The highest BCUT2D eigenvalue weighted by Crippen LogP contribution is 2.33. The summed E-state index contributed by atoms with van der Waals surface area (Å²) in [7, 11) is 1.62. The molecule has 3 aromatic rings. The van der Waals surface area contributed by atoms with Gasteiger partial charge in [-0.3, -0.25) is 4.79 Å². The Morgan fingerprint density at radius 3 is 2.39 bits per heavy atom. The van der Waals surface area contributed by atoms with Crippen LogP contribution in [0.1, 0.15) is 53.3 Å². The molecule has 0 aliphatic heterocycles. The van der Waals surface area contributed by atoms with E-state index in [0.29, 0.717) is 12.2 Å². The average molecular weight is 446 g/mol. The minimum Gasteiger partial charge on any atom is -0.465 e. The number of ether oxygens (including phenoxy) is 3. The van der Waals surface area contributed by atoms with E-state index in [-0.39, 0.29) is 12.8 Å². The molecule has 5 heteroatoms. The van der Waals surface area contributed by atoms with Crippen molar-refractivity contribution in [2.75, 3.05) is 13.9 Å². The van der Waals surface area contributed by atoms with Gasteiger partial charge in [-0.05, 0) is 97.7 Å². The van der Waals surface area contributed by atoms with Crippen LogP contribution >= 0.6 is 0 Å². The molecule has 33 heavy (non-hydrogen) atoms. The van der Waals surface area contributed by atoms with E-state index in [9.17, 15) is 4.79 Å². The molecule has 0 bridgehead atoms. The number of hydrogen-bond acceptors (Lipinski definition) is 5. The van der Waals surface area contributed by atoms with Gasteiger partial charge in [0, 0.05) is 31.7 Å². The molecule has 0 amide bonds. The molecule has 0 fully saturated rings. The van der Waals surface area contributed by atoms with E-state index in [1.807, 2.05) is 38.1 Å². The minimum atomic E-state index is -0.315. The standard InChI is InChI=1S/C28H31NO4/c1-18-13-25(33-20(3)30)14-19(2)26(18)16-24-11-12-27(32-17-31-4)28(29-24)23-10-9-21-7-5-6-8-22(21)15-23/h9-15H,5-8,16-17H2,1-4H3. The van der Waals surface area contributed by atoms with Crippen molar-refractivity contribution < 1.29 is 19.0 Å². The van der Waals surface area contributed by atoms with Crippen LogP contribution < -0.4 is 9.47 Å². The number of carbonyl (C=O) groups is 1. The number of fused-ring (bicyclic) bond motifs is 1. The Morgan fingerprint density at radius 1 is 0.970 bits per heavy atom. The van der Waals surface area contributed by atoms with Crippen LogP contribution in [0.15, 0.2) is 42.5 Å². The molecule has 1 aliphatic carbocycles. The Kier molecular flexibility index (Phi) is 7.09. The molecule has 1 aromatic heterocycles. The molecular formula is C28H31NO4. The molecule has 5 nitrogen and oxygen atoms in total. The summed E-state index contributed by atoms with van der Waals surface area (Å²) < 4.78 is 16.3. The fourth-order valence-corrected chi connectivity index (χ4v) is 4.55. The van der Waals surface area contributed by atoms with Crippen molar-refractivity contribution in [3.05, 3.63) is 76.0 Å². The van der Waals surface area contributed by atoms with Gasteiger partial charge in [0.2, 0.25) is 0 Å². The summed E-state index contributed by atoms with van der Waals surface area (Å²) in [5, 5.41) is 0. The molecule has 0 N–H and O–H groups in total. The van der Waals surface area contributed by atoms with Crippen LogP contribution in [0, 0.1) is 13.8 Å². The molecule has 0 saturated heterocycles. The normalized spacial score (nSPS) is 12.8. The van der Waals surface area contributed by atoms with E-state index in [1.165, 1.54) is 36.5 Å². The molecule has 4 rings (SSSR count). The molecule has 1 aliphatic rings. The van der Waals surface area contributed by atoms with Gasteiger partial charge in [-0.1, -0.05) is 12.1 Å². The second-order valence-electron chi connectivity index (χ2n) is 8.70. The lowest BCUT2D eigenvalue weighted by molar-refractivity contribution is -0.131. The van der Waals surface area contributed by atoms with Gasteiger partial charge in [-0.25, -0.2) is 4.98 Å². The van der Waals surface area contributed by atoms with Gasteiger partial charge in [0.25, 0.3) is 0 Å². The third-order valence-electron chi connectivity index (χ3n) is 6.16. The van der Waals surface area contributed by atoms with Gasteiger partial charge in [-0.2, -0.15) is 0 Å². The number of benzene rings is 2. The minimum absolute atomic E-state index is 0.175. The number of nitrogens with zero attached hydrogens (tertiary/aromatic N) is 1. The molecule has 2 aromatic carbocycles. The van der Waals surface area contributed by atoms with E-state index >= 15 is 0 Å². The first-order valence-corrected chi connectivity index (χ1v) is 11.5. The third-order valence-corrected chi connectivity index (χ3v) is 6.16. The molecule has 0 saturated carbocycles. The molecular weight excluding hydrogens is 414 g/mol. The second kappa shape index (κ2) is 10.2. The lowest BCUT2D eigenvalue weighted by Gasteiger charge is -2.18. The van der Waals surface area contributed by atoms with Crippen LogP contribution in [0.2, 0.25) is 0 Å². The van der Waals surface area contributed by atoms with E-state index in [0.717, 1.165) is 46.7 Å². The maximum atomic E-state index is 11.3. The van der Waals surface area contributed by atoms with Crippen molar-refractivity contribution in [2.45, 2.75) is 52.9 Å². The smallest absolute Gasteiger partial charge is 0.308 e. The van der Waals surface area contributed by atoms with E-state index in [1.54, 1.807) is 7.11 Å². The molecule has 1 heterocycles. The monoisotopic (exact) mass is 445 g/mol. The van der Waals surface area contributed by atoms with Crippen LogP contribution in [-0.4, -0.2) is 24.9 Å². The number of carbonyl (C=O) groups excluding carboxylic acids is 1. The summed E-state index contributed by atoms with van der Waals surface area (Å²) in [4.78, 5) is 16.4. The predicted octanol–water partition coefficient (Wildman–Crippen LogP) is 5.74. The van der Waals surface area contributed by atoms with E-state index < -0.39 is 0 Å². The first-order valence-electron chi connectivity index (χ1n) is 11.5. The highest BCUT2D eigenvalue weighted by molar-refractivity contribution is 5.70. The zero-order chi connectivity index (χ0) is 23.4. The molecule has 0 unspecified atom stereocenters. The topological polar surface area (TPSA) is 57.7 Å². The van der Waals surface area contributed by atoms with Gasteiger partial charge >= 0.3 is 5.97 Å². The van der Waals surface area contributed by atoms with Crippen LogP contribution in [0.3, 0.4) is 0 Å². The van der Waals surface area contributed by atoms with Crippen LogP contribution in [0.4, 0.5) is 0 Å². The Hall–Kier alpha value is -3.18. The quantitative estimate of drug-likeness (QED) is 0.264. The van der Waals surface area contributed by atoms with Crippen molar-refractivity contribution in [2.24, 2.45) is 0 Å². The number of aromatic nitrogens is 1. The van der Waals surface area contributed by atoms with Gasteiger partial charge in [-0.15, -0.1) is 0 Å². The molecule has 0 atom stereocenters. The summed E-state index contributed by atoms with van der Waals surface area (Å²) in [6.45, 7) is 5.66. The van der Waals surface area contributed by atoms with Crippen molar-refractivity contribution in [3.8, 4) is 22.8 Å². The number of aryl methyl sites for hydroxylation is 4. The van der Waals surface area contributed by atoms with Crippen LogP contribution in [0.5, 0.6) is 11.5 Å². The van der Waals surface area contributed by atoms with Gasteiger partial charge in [0.05, 0.1) is 0 Å². The molecule has 0 spiro atoms. The van der Waals surface area contributed by atoms with Crippen molar-refractivity contribution in [1.29, 1.82) is 0 Å². The fourth-order valence-electron chi connectivity index (χ4n) is 4.55. The largest absolute Gasteiger partial charge is 0.465 e. The Morgan fingerprint density at radius 2 is 1.70 bits per heavy atom. The predicted molar refractivity (Wildman–Crippen MR) is 129 cm³/mol. The summed E-state index contributed by atoms with van der Waals surface area (Å²) in [6, 6.07) is 14.5. The zero-order valence-electron chi connectivity index (χ0n) is 19.9. The van der Waals surface area contributed by atoms with E-state index in [2.05, 4.69) is 18.2 Å². The highest BCUT2D eigenvalue weighted by Gasteiger charge is 2.16. The van der Waals surface area contributed by atoms with Crippen molar-refractivity contribution in [1.82, 2.24) is 4.98 Å². The number of hydrogen-bond donors (Lipinski definition) is 0. The molecule has 0 radical (unpaired) electrons. The molecule has 172 valence electrons. The summed E-state index contributed by atoms with van der Waals surface area (Å²) in [5.74, 6) is 0.979. The Labute approximate surface area is 195 Å². The lowest BCUT2D eigenvalue weighted by atomic mass is 9.89. The first kappa shape index (κ1) is 23.0. The fraction of sp³-hybridized carbons (Fsp3) is 0.357. The first-order chi connectivity index (χ1) is 15.9. The maximum Gasteiger partial charge on any atom is 0.308 e. The van der Waals surface area contributed by atoms with Gasteiger partial charge < -0.3 is 14.2 Å². The van der Waals surface area contributed by atoms with Crippen LogP contribution in [-0.2, 0) is 28.8 Å². The van der Waals surface area contributed by atoms with Crippen molar-refractivity contribution in [3.63, 3.8) is 0 Å². The van der Waals surface area contributed by atoms with Crippen molar-refractivity contribution >= 4 is 5.97 Å².